The second kappa shape index (κ2) is 8.82. The maximum atomic E-state index is 13.4. The largest absolute Gasteiger partial charge is 0.497 e. The lowest BCUT2D eigenvalue weighted by atomic mass is 10.1. The Morgan fingerprint density at radius 3 is 2.48 bits per heavy atom. The Morgan fingerprint density at radius 1 is 1.00 bits per heavy atom. The summed E-state index contributed by atoms with van der Waals surface area (Å²) in [6.45, 7) is 4.75. The number of benzene rings is 2. The van der Waals surface area contributed by atoms with Gasteiger partial charge in [0.05, 0.1) is 19.7 Å². The molecule has 0 radical (unpaired) electrons. The summed E-state index contributed by atoms with van der Waals surface area (Å²) in [5.41, 5.74) is 2.55. The molecule has 2 heterocycles. The second-order valence-electron chi connectivity index (χ2n) is 7.70. The van der Waals surface area contributed by atoms with Gasteiger partial charge in [-0.2, -0.15) is 4.31 Å². The highest BCUT2D eigenvalue weighted by molar-refractivity contribution is 7.89. The fourth-order valence-corrected chi connectivity index (χ4v) is 5.55. The lowest BCUT2D eigenvalue weighted by Gasteiger charge is -2.34. The number of fused-ring (bicyclic) bond motifs is 1. The van der Waals surface area contributed by atoms with Crippen molar-refractivity contribution in [2.24, 2.45) is 0 Å². The average Bonchev–Trinajstić information content (AvgIpc) is 2.78. The molecule has 1 aliphatic heterocycles. The van der Waals surface area contributed by atoms with Crippen LogP contribution >= 0.6 is 0 Å². The van der Waals surface area contributed by atoms with E-state index in [2.05, 4.69) is 9.88 Å². The predicted molar refractivity (Wildman–Crippen MR) is 120 cm³/mol. The molecule has 0 N–H and O–H groups in total. The van der Waals surface area contributed by atoms with Gasteiger partial charge in [0.2, 0.25) is 10.0 Å². The molecule has 3 aromatic rings. The average molecular weight is 442 g/mol. The lowest BCUT2D eigenvalue weighted by Crippen LogP contribution is -2.48. The molecule has 164 valence electrons. The Labute approximate surface area is 183 Å². The van der Waals surface area contributed by atoms with Crippen molar-refractivity contribution in [3.8, 4) is 11.5 Å². The van der Waals surface area contributed by atoms with Gasteiger partial charge in [0, 0.05) is 49.9 Å². The second-order valence-corrected chi connectivity index (χ2v) is 9.60. The van der Waals surface area contributed by atoms with Crippen LogP contribution in [0.15, 0.2) is 53.6 Å². The lowest BCUT2D eigenvalue weighted by molar-refractivity contribution is 0.180. The molecular formula is C23H27N3O4S. The molecule has 0 aliphatic carbocycles. The molecule has 0 saturated carbocycles. The van der Waals surface area contributed by atoms with E-state index in [9.17, 15) is 8.42 Å². The van der Waals surface area contributed by atoms with Gasteiger partial charge in [-0.05, 0) is 42.8 Å². The standard InChI is InChI=1S/C23H27N3O4S/c1-17-13-18-5-4-6-22(23(18)24-15-17)31(27,28)26-11-9-25(10-12-26)16-19-14-20(29-2)7-8-21(19)30-3/h4-8,13-15H,9-12,16H2,1-3H3. The highest BCUT2D eigenvalue weighted by atomic mass is 32.2. The van der Waals surface area contributed by atoms with E-state index >= 15 is 0 Å². The Bertz CT molecular complexity index is 1190. The van der Waals surface area contributed by atoms with E-state index in [0.717, 1.165) is 28.0 Å². The van der Waals surface area contributed by atoms with Crippen molar-refractivity contribution in [3.05, 3.63) is 59.8 Å². The zero-order chi connectivity index (χ0) is 22.0. The number of pyridine rings is 1. The Hall–Kier alpha value is -2.68. The van der Waals surface area contributed by atoms with Crippen LogP contribution in [0.4, 0.5) is 0 Å². The fraction of sp³-hybridized carbons (Fsp3) is 0.348. The minimum atomic E-state index is -3.62. The molecule has 4 rings (SSSR count). The first-order chi connectivity index (χ1) is 14.9. The smallest absolute Gasteiger partial charge is 0.245 e. The van der Waals surface area contributed by atoms with Gasteiger partial charge in [0.25, 0.3) is 0 Å². The van der Waals surface area contributed by atoms with E-state index in [4.69, 9.17) is 9.47 Å². The van der Waals surface area contributed by atoms with Gasteiger partial charge in [0.15, 0.2) is 0 Å². The summed E-state index contributed by atoms with van der Waals surface area (Å²) in [5, 5.41) is 0.838. The summed E-state index contributed by atoms with van der Waals surface area (Å²) in [6.07, 6.45) is 1.71. The molecule has 0 spiro atoms. The van der Waals surface area contributed by atoms with Gasteiger partial charge < -0.3 is 9.47 Å². The Morgan fingerprint density at radius 2 is 1.77 bits per heavy atom. The molecule has 1 aliphatic rings. The van der Waals surface area contributed by atoms with Crippen LogP contribution in [-0.4, -0.2) is 63.0 Å². The highest BCUT2D eigenvalue weighted by Gasteiger charge is 2.30. The molecule has 0 atom stereocenters. The summed E-state index contributed by atoms with van der Waals surface area (Å²) < 4.78 is 39.1. The van der Waals surface area contributed by atoms with Crippen LogP contribution in [0.25, 0.3) is 10.9 Å². The van der Waals surface area contributed by atoms with Gasteiger partial charge >= 0.3 is 0 Å². The minimum Gasteiger partial charge on any atom is -0.497 e. The maximum absolute atomic E-state index is 13.4. The van der Waals surface area contributed by atoms with E-state index in [1.807, 2.05) is 37.3 Å². The van der Waals surface area contributed by atoms with Gasteiger partial charge in [-0.25, -0.2) is 8.42 Å². The van der Waals surface area contributed by atoms with Crippen LogP contribution in [-0.2, 0) is 16.6 Å². The molecule has 8 heteroatoms. The van der Waals surface area contributed by atoms with Crippen molar-refractivity contribution in [2.45, 2.75) is 18.4 Å². The first-order valence-corrected chi connectivity index (χ1v) is 11.6. The predicted octanol–water partition coefficient (Wildman–Crippen LogP) is 3.07. The SMILES string of the molecule is COc1ccc(OC)c(CN2CCN(S(=O)(=O)c3cccc4cc(C)cnc34)CC2)c1. The summed E-state index contributed by atoms with van der Waals surface area (Å²) >= 11 is 0. The summed E-state index contributed by atoms with van der Waals surface area (Å²) in [4.78, 5) is 6.91. The number of hydrogen-bond donors (Lipinski definition) is 0. The van der Waals surface area contributed by atoms with E-state index in [1.54, 1.807) is 36.9 Å². The normalized spacial score (nSPS) is 15.8. The number of sulfonamides is 1. The topological polar surface area (TPSA) is 72.0 Å². The molecule has 2 aromatic carbocycles. The molecule has 1 fully saturated rings. The first kappa shape index (κ1) is 21.5. The fourth-order valence-electron chi connectivity index (χ4n) is 3.96. The number of piperazine rings is 1. The van der Waals surface area contributed by atoms with E-state index in [1.165, 1.54) is 0 Å². The van der Waals surface area contributed by atoms with Gasteiger partial charge in [-0.15, -0.1) is 0 Å². The third-order valence-electron chi connectivity index (χ3n) is 5.64. The van der Waals surface area contributed by atoms with Gasteiger partial charge in [0.1, 0.15) is 16.4 Å². The number of nitrogens with zero attached hydrogens (tertiary/aromatic N) is 3. The molecule has 0 amide bonds. The molecule has 1 aromatic heterocycles. The van der Waals surface area contributed by atoms with Crippen molar-refractivity contribution in [3.63, 3.8) is 0 Å². The van der Waals surface area contributed by atoms with Gasteiger partial charge in [-0.3, -0.25) is 9.88 Å². The minimum absolute atomic E-state index is 0.271. The van der Waals surface area contributed by atoms with Crippen LogP contribution in [0.1, 0.15) is 11.1 Å². The van der Waals surface area contributed by atoms with Crippen molar-refractivity contribution in [1.82, 2.24) is 14.2 Å². The van der Waals surface area contributed by atoms with Crippen molar-refractivity contribution in [2.75, 3.05) is 40.4 Å². The summed E-state index contributed by atoms with van der Waals surface area (Å²) in [7, 11) is -0.336. The zero-order valence-electron chi connectivity index (χ0n) is 18.0. The molecule has 1 saturated heterocycles. The summed E-state index contributed by atoms with van der Waals surface area (Å²) in [6, 6.07) is 13.0. The van der Waals surface area contributed by atoms with Gasteiger partial charge in [-0.1, -0.05) is 12.1 Å². The Kier molecular flexibility index (Phi) is 6.13. The third kappa shape index (κ3) is 4.37. The van der Waals surface area contributed by atoms with E-state index < -0.39 is 10.0 Å². The quantitative estimate of drug-likeness (QED) is 0.586. The van der Waals surface area contributed by atoms with Crippen LogP contribution in [0, 0.1) is 6.92 Å². The maximum Gasteiger partial charge on any atom is 0.245 e. The number of para-hydroxylation sites is 1. The number of rotatable bonds is 6. The number of ether oxygens (including phenoxy) is 2. The number of aromatic nitrogens is 1. The molecule has 7 nitrogen and oxygen atoms in total. The highest BCUT2D eigenvalue weighted by Crippen LogP contribution is 2.28. The monoisotopic (exact) mass is 441 g/mol. The zero-order valence-corrected chi connectivity index (χ0v) is 18.9. The number of hydrogen-bond acceptors (Lipinski definition) is 6. The van der Waals surface area contributed by atoms with E-state index in [-0.39, 0.29) is 4.90 Å². The van der Waals surface area contributed by atoms with Crippen LogP contribution < -0.4 is 9.47 Å². The van der Waals surface area contributed by atoms with Crippen LogP contribution in [0.3, 0.4) is 0 Å². The third-order valence-corrected chi connectivity index (χ3v) is 7.57. The molecule has 0 bridgehead atoms. The molecule has 0 unspecified atom stereocenters. The summed E-state index contributed by atoms with van der Waals surface area (Å²) in [5.74, 6) is 1.57. The van der Waals surface area contributed by atoms with Crippen molar-refractivity contribution >= 4 is 20.9 Å². The van der Waals surface area contributed by atoms with E-state index in [0.29, 0.717) is 38.2 Å². The molecular weight excluding hydrogens is 414 g/mol. The van der Waals surface area contributed by atoms with Crippen molar-refractivity contribution < 1.29 is 17.9 Å². The van der Waals surface area contributed by atoms with Crippen LogP contribution in [0.5, 0.6) is 11.5 Å². The number of methoxy groups -OCH3 is 2. The Balaban J connectivity index is 1.50. The van der Waals surface area contributed by atoms with Crippen molar-refractivity contribution in [1.29, 1.82) is 0 Å². The first-order valence-electron chi connectivity index (χ1n) is 10.2. The molecule has 31 heavy (non-hydrogen) atoms. The number of aryl methyl sites for hydroxylation is 1. The van der Waals surface area contributed by atoms with Crippen LogP contribution in [0.2, 0.25) is 0 Å².